The van der Waals surface area contributed by atoms with Crippen LogP contribution in [-0.4, -0.2) is 4.89 Å². The summed E-state index contributed by atoms with van der Waals surface area (Å²) in [5.41, 5.74) is 2.03. The Hall–Kier alpha value is -1.11. The van der Waals surface area contributed by atoms with Gasteiger partial charge in [-0.25, -0.2) is 0 Å². The van der Waals surface area contributed by atoms with Gasteiger partial charge in [-0.2, -0.15) is 0 Å². The van der Waals surface area contributed by atoms with Crippen molar-refractivity contribution in [1.29, 1.82) is 0 Å². The lowest BCUT2D eigenvalue weighted by atomic mass is 10.0. The molecule has 2 aromatic carbocycles. The topological polar surface area (TPSA) is 37.3 Å². The van der Waals surface area contributed by atoms with Gasteiger partial charge in [0.25, 0.3) is 0 Å². The van der Waals surface area contributed by atoms with Crippen LogP contribution in [0.25, 0.3) is 10.8 Å². The summed E-state index contributed by atoms with van der Waals surface area (Å²) in [7, 11) is -2.98. The van der Waals surface area contributed by atoms with Crippen molar-refractivity contribution >= 4 is 18.1 Å². The molecule has 0 saturated heterocycles. The molecule has 0 aliphatic carbocycles. The second kappa shape index (κ2) is 2.94. The first-order valence-corrected chi connectivity index (χ1v) is 6.99. The van der Waals surface area contributed by atoms with E-state index in [0.717, 1.165) is 11.1 Å². The molecule has 3 heteroatoms. The Labute approximate surface area is 88.0 Å². The van der Waals surface area contributed by atoms with E-state index in [4.69, 9.17) is 0 Å². The molecule has 0 fully saturated rings. The van der Waals surface area contributed by atoms with Crippen LogP contribution in [0, 0.1) is 0 Å². The molecule has 3 rings (SSSR count). The zero-order chi connectivity index (χ0) is 10.5. The minimum Gasteiger partial charge on any atom is -0.344 e. The Morgan fingerprint density at radius 2 is 1.53 bits per heavy atom. The van der Waals surface area contributed by atoms with Crippen LogP contribution in [0.5, 0.6) is 0 Å². The summed E-state index contributed by atoms with van der Waals surface area (Å²) in [6.45, 7) is 0. The van der Waals surface area contributed by atoms with E-state index < -0.39 is 7.37 Å². The summed E-state index contributed by atoms with van der Waals surface area (Å²) < 4.78 is 11.8. The Morgan fingerprint density at radius 3 is 2.07 bits per heavy atom. The maximum Gasteiger partial charge on any atom is 0.209 e. The SMILES string of the molecule is O=P1(O)Cc2cccc3cccc(c23)C1. The molecule has 2 aromatic rings. The highest BCUT2D eigenvalue weighted by Gasteiger charge is 2.26. The fourth-order valence-corrected chi connectivity index (χ4v) is 4.06. The van der Waals surface area contributed by atoms with E-state index in [1.807, 2.05) is 24.3 Å². The average molecular weight is 218 g/mol. The fraction of sp³-hybridized carbons (Fsp3) is 0.167. The quantitative estimate of drug-likeness (QED) is 0.690. The summed E-state index contributed by atoms with van der Waals surface area (Å²) >= 11 is 0. The van der Waals surface area contributed by atoms with Gasteiger partial charge in [-0.1, -0.05) is 36.4 Å². The van der Waals surface area contributed by atoms with Crippen molar-refractivity contribution in [1.82, 2.24) is 0 Å². The lowest BCUT2D eigenvalue weighted by Gasteiger charge is -2.21. The van der Waals surface area contributed by atoms with Crippen molar-refractivity contribution < 1.29 is 9.46 Å². The Morgan fingerprint density at radius 1 is 1.00 bits per heavy atom. The average Bonchev–Trinajstić information content (AvgIpc) is 2.16. The highest BCUT2D eigenvalue weighted by molar-refractivity contribution is 7.56. The molecule has 1 heterocycles. The van der Waals surface area contributed by atoms with E-state index in [1.54, 1.807) is 0 Å². The van der Waals surface area contributed by atoms with Gasteiger partial charge < -0.3 is 4.89 Å². The highest BCUT2D eigenvalue weighted by Crippen LogP contribution is 2.53. The monoisotopic (exact) mass is 218 g/mol. The first-order chi connectivity index (χ1) is 7.16. The fourth-order valence-electron chi connectivity index (χ4n) is 2.35. The van der Waals surface area contributed by atoms with Crippen LogP contribution in [0.2, 0.25) is 0 Å². The lowest BCUT2D eigenvalue weighted by Crippen LogP contribution is -2.01. The van der Waals surface area contributed by atoms with Gasteiger partial charge in [-0.3, -0.25) is 4.57 Å². The van der Waals surface area contributed by atoms with Crippen molar-refractivity contribution in [2.24, 2.45) is 0 Å². The molecule has 0 amide bonds. The van der Waals surface area contributed by atoms with Crippen LogP contribution in [0.3, 0.4) is 0 Å². The van der Waals surface area contributed by atoms with Gasteiger partial charge in [0.1, 0.15) is 0 Å². The standard InChI is InChI=1S/C12H11O2P/c13-15(14)7-10-5-1-3-9-4-2-6-11(8-15)12(9)10/h1-6H,7-8H2,(H,13,14). The van der Waals surface area contributed by atoms with Crippen molar-refractivity contribution in [3.63, 3.8) is 0 Å². The van der Waals surface area contributed by atoms with Gasteiger partial charge in [-0.15, -0.1) is 0 Å². The third-order valence-corrected chi connectivity index (χ3v) is 4.58. The zero-order valence-corrected chi connectivity index (χ0v) is 9.08. The molecule has 1 aliphatic heterocycles. The Balaban J connectivity index is 2.41. The van der Waals surface area contributed by atoms with E-state index in [0.29, 0.717) is 12.3 Å². The number of hydrogen-bond donors (Lipinski definition) is 1. The minimum atomic E-state index is -2.98. The molecule has 15 heavy (non-hydrogen) atoms. The van der Waals surface area contributed by atoms with E-state index in [9.17, 15) is 9.46 Å². The van der Waals surface area contributed by atoms with Crippen LogP contribution in [0.15, 0.2) is 36.4 Å². The maximum absolute atomic E-state index is 11.8. The van der Waals surface area contributed by atoms with E-state index in [1.165, 1.54) is 10.8 Å². The molecule has 0 bridgehead atoms. The molecule has 2 nitrogen and oxygen atoms in total. The highest BCUT2D eigenvalue weighted by atomic mass is 31.2. The molecule has 0 unspecified atom stereocenters. The Kier molecular flexibility index (Phi) is 1.79. The molecule has 1 aliphatic rings. The van der Waals surface area contributed by atoms with Gasteiger partial charge in [0.2, 0.25) is 7.37 Å². The van der Waals surface area contributed by atoms with Crippen LogP contribution < -0.4 is 0 Å². The molecule has 1 N–H and O–H groups in total. The molecule has 0 radical (unpaired) electrons. The number of rotatable bonds is 0. The van der Waals surface area contributed by atoms with Crippen LogP contribution in [-0.2, 0) is 16.9 Å². The smallest absolute Gasteiger partial charge is 0.209 e. The second-order valence-corrected chi connectivity index (χ2v) is 6.42. The van der Waals surface area contributed by atoms with Crippen LogP contribution in [0.4, 0.5) is 0 Å². The van der Waals surface area contributed by atoms with E-state index in [-0.39, 0.29) is 0 Å². The molecule has 76 valence electrons. The molecule has 0 aromatic heterocycles. The predicted octanol–water partition coefficient (Wildman–Crippen LogP) is 3.12. The second-order valence-electron chi connectivity index (χ2n) is 4.09. The summed E-state index contributed by atoms with van der Waals surface area (Å²) in [6, 6.07) is 11.9. The number of benzene rings is 2. The zero-order valence-electron chi connectivity index (χ0n) is 8.18. The third kappa shape index (κ3) is 1.41. The van der Waals surface area contributed by atoms with E-state index in [2.05, 4.69) is 12.1 Å². The van der Waals surface area contributed by atoms with Gasteiger partial charge >= 0.3 is 0 Å². The Bertz CT molecular complexity index is 544. The van der Waals surface area contributed by atoms with Gasteiger partial charge in [-0.05, 0) is 21.9 Å². The summed E-state index contributed by atoms with van der Waals surface area (Å²) in [5.74, 6) is 0. The first kappa shape index (κ1) is 9.14. The number of hydrogen-bond acceptors (Lipinski definition) is 1. The summed E-state index contributed by atoms with van der Waals surface area (Å²) in [5, 5.41) is 2.35. The van der Waals surface area contributed by atoms with Crippen LogP contribution >= 0.6 is 7.37 Å². The first-order valence-electron chi connectivity index (χ1n) is 4.96. The van der Waals surface area contributed by atoms with Gasteiger partial charge in [0, 0.05) is 0 Å². The predicted molar refractivity (Wildman–Crippen MR) is 61.2 cm³/mol. The van der Waals surface area contributed by atoms with Crippen molar-refractivity contribution in [3.8, 4) is 0 Å². The summed E-state index contributed by atoms with van der Waals surface area (Å²) in [6.07, 6.45) is 0.642. The lowest BCUT2D eigenvalue weighted by molar-refractivity contribution is 0.475. The van der Waals surface area contributed by atoms with E-state index >= 15 is 0 Å². The summed E-state index contributed by atoms with van der Waals surface area (Å²) in [4.78, 5) is 9.73. The largest absolute Gasteiger partial charge is 0.344 e. The minimum absolute atomic E-state index is 0.321. The third-order valence-electron chi connectivity index (χ3n) is 2.91. The van der Waals surface area contributed by atoms with Crippen molar-refractivity contribution in [3.05, 3.63) is 47.5 Å². The molecule has 0 atom stereocenters. The van der Waals surface area contributed by atoms with Crippen molar-refractivity contribution in [2.45, 2.75) is 12.3 Å². The van der Waals surface area contributed by atoms with Gasteiger partial charge in [0.05, 0.1) is 12.3 Å². The molecule has 0 spiro atoms. The maximum atomic E-state index is 11.8. The molecule has 0 saturated carbocycles. The van der Waals surface area contributed by atoms with Gasteiger partial charge in [0.15, 0.2) is 0 Å². The van der Waals surface area contributed by atoms with Crippen molar-refractivity contribution in [2.75, 3.05) is 0 Å². The van der Waals surface area contributed by atoms with Crippen LogP contribution in [0.1, 0.15) is 11.1 Å². The molecular weight excluding hydrogens is 207 g/mol. The molecular formula is C12H11O2P. The normalized spacial score (nSPS) is 17.9.